The molecule has 0 aliphatic heterocycles. The smallest absolute Gasteiger partial charge is 0.226 e. The topological polar surface area (TPSA) is 67.9 Å². The Morgan fingerprint density at radius 3 is 2.36 bits per heavy atom. The van der Waals surface area contributed by atoms with Gasteiger partial charge in [0.25, 0.3) is 0 Å². The predicted octanol–water partition coefficient (Wildman–Crippen LogP) is 4.17. The number of hydrogen-bond donors (Lipinski definition) is 1. The molecule has 0 heterocycles. The first kappa shape index (κ1) is 21.3. The van der Waals surface area contributed by atoms with Gasteiger partial charge in [0.2, 0.25) is 11.8 Å². The summed E-state index contributed by atoms with van der Waals surface area (Å²) in [6.45, 7) is 7.60. The van der Waals surface area contributed by atoms with Crippen LogP contribution in [0.3, 0.4) is 0 Å². The molecule has 0 aliphatic rings. The van der Waals surface area contributed by atoms with E-state index in [9.17, 15) is 9.59 Å². The second-order valence-electron chi connectivity index (χ2n) is 6.84. The Balaban J connectivity index is 2.01. The Morgan fingerprint density at radius 1 is 1.11 bits per heavy atom. The minimum atomic E-state index is -0.171. The summed E-state index contributed by atoms with van der Waals surface area (Å²) >= 11 is 0. The summed E-state index contributed by atoms with van der Waals surface area (Å²) < 4.78 is 11.0. The zero-order valence-electron chi connectivity index (χ0n) is 17.1. The van der Waals surface area contributed by atoms with Gasteiger partial charge in [0, 0.05) is 25.6 Å². The van der Waals surface area contributed by atoms with Crippen LogP contribution in [-0.4, -0.2) is 31.6 Å². The minimum Gasteiger partial charge on any atom is -0.495 e. The van der Waals surface area contributed by atoms with Crippen LogP contribution in [-0.2, 0) is 9.59 Å². The number of hydrogen-bond acceptors (Lipinski definition) is 4. The normalized spacial score (nSPS) is 10.5. The van der Waals surface area contributed by atoms with Gasteiger partial charge in [-0.25, -0.2) is 0 Å². The van der Waals surface area contributed by atoms with E-state index in [1.165, 1.54) is 6.92 Å². The van der Waals surface area contributed by atoms with Crippen molar-refractivity contribution < 1.29 is 19.1 Å². The molecule has 2 aromatic rings. The highest BCUT2D eigenvalue weighted by Crippen LogP contribution is 2.29. The number of carbonyl (C=O) groups excluding carboxylic acids is 2. The molecular weight excluding hydrogens is 356 g/mol. The molecule has 2 rings (SSSR count). The van der Waals surface area contributed by atoms with Crippen molar-refractivity contribution in [3.63, 3.8) is 0 Å². The molecule has 2 aromatic carbocycles. The number of benzene rings is 2. The molecule has 0 spiro atoms. The van der Waals surface area contributed by atoms with E-state index in [0.717, 1.165) is 11.3 Å². The van der Waals surface area contributed by atoms with Crippen LogP contribution in [0, 0.1) is 6.92 Å². The fourth-order valence-corrected chi connectivity index (χ4v) is 2.78. The van der Waals surface area contributed by atoms with Gasteiger partial charge < -0.3 is 19.7 Å². The van der Waals surface area contributed by atoms with Crippen molar-refractivity contribution in [3.8, 4) is 11.5 Å². The lowest BCUT2D eigenvalue weighted by molar-refractivity contribution is -0.117. The van der Waals surface area contributed by atoms with Crippen LogP contribution in [0.5, 0.6) is 11.5 Å². The molecule has 2 amide bonds. The molecule has 0 aromatic heterocycles. The van der Waals surface area contributed by atoms with Gasteiger partial charge in [-0.2, -0.15) is 0 Å². The first-order chi connectivity index (χ1) is 13.3. The molecule has 0 saturated carbocycles. The van der Waals surface area contributed by atoms with Crippen LogP contribution in [0.4, 0.5) is 11.4 Å². The lowest BCUT2D eigenvalue weighted by Crippen LogP contribution is -2.32. The Morgan fingerprint density at radius 2 is 1.79 bits per heavy atom. The summed E-state index contributed by atoms with van der Waals surface area (Å²) in [5.41, 5.74) is 2.36. The number of nitrogens with one attached hydrogen (secondary N) is 1. The van der Waals surface area contributed by atoms with Crippen LogP contribution < -0.4 is 19.7 Å². The minimum absolute atomic E-state index is 0.0941. The lowest BCUT2D eigenvalue weighted by Gasteiger charge is -2.23. The molecule has 0 atom stereocenters. The zero-order valence-corrected chi connectivity index (χ0v) is 17.1. The van der Waals surface area contributed by atoms with Gasteiger partial charge in [0.05, 0.1) is 18.9 Å². The maximum atomic E-state index is 12.3. The quantitative estimate of drug-likeness (QED) is 0.742. The van der Waals surface area contributed by atoms with Crippen LogP contribution in [0.25, 0.3) is 0 Å². The maximum absolute atomic E-state index is 12.3. The number of methoxy groups -OCH3 is 1. The largest absolute Gasteiger partial charge is 0.495 e. The summed E-state index contributed by atoms with van der Waals surface area (Å²) in [5.74, 6) is 1.03. The second-order valence-corrected chi connectivity index (χ2v) is 6.84. The van der Waals surface area contributed by atoms with Crippen molar-refractivity contribution in [2.24, 2.45) is 0 Å². The van der Waals surface area contributed by atoms with E-state index in [1.807, 2.05) is 51.1 Å². The van der Waals surface area contributed by atoms with E-state index >= 15 is 0 Å². The highest BCUT2D eigenvalue weighted by atomic mass is 16.5. The molecule has 6 nitrogen and oxygen atoms in total. The molecule has 6 heteroatoms. The van der Waals surface area contributed by atoms with Crippen molar-refractivity contribution in [2.75, 3.05) is 23.9 Å². The monoisotopic (exact) mass is 384 g/mol. The fraction of sp³-hybridized carbons (Fsp3) is 0.364. The zero-order chi connectivity index (χ0) is 20.7. The molecule has 0 radical (unpaired) electrons. The first-order valence-electron chi connectivity index (χ1n) is 9.29. The summed E-state index contributed by atoms with van der Waals surface area (Å²) in [6, 6.07) is 12.8. The standard InChI is InChI=1S/C22H28N2O4/c1-15(2)28-19-9-7-18(8-10-19)23-22(26)12-13-24(17(4)25)20-14-16(3)6-11-21(20)27-5/h6-11,14-15H,12-13H2,1-5H3,(H,23,26). The summed E-state index contributed by atoms with van der Waals surface area (Å²) in [5, 5.41) is 2.84. The molecule has 0 bridgehead atoms. The predicted molar refractivity (Wildman–Crippen MR) is 111 cm³/mol. The number of nitrogens with zero attached hydrogens (tertiary/aromatic N) is 1. The van der Waals surface area contributed by atoms with Gasteiger partial charge >= 0.3 is 0 Å². The average molecular weight is 384 g/mol. The highest BCUT2D eigenvalue weighted by molar-refractivity contribution is 5.95. The highest BCUT2D eigenvalue weighted by Gasteiger charge is 2.18. The van der Waals surface area contributed by atoms with Crippen LogP contribution in [0.15, 0.2) is 42.5 Å². The van der Waals surface area contributed by atoms with E-state index < -0.39 is 0 Å². The number of rotatable bonds is 8. The fourth-order valence-electron chi connectivity index (χ4n) is 2.78. The van der Waals surface area contributed by atoms with E-state index in [2.05, 4.69) is 5.32 Å². The van der Waals surface area contributed by atoms with E-state index in [4.69, 9.17) is 9.47 Å². The van der Waals surface area contributed by atoms with Gasteiger partial charge in [-0.3, -0.25) is 9.59 Å². The summed E-state index contributed by atoms with van der Waals surface area (Å²) in [6.07, 6.45) is 0.262. The van der Waals surface area contributed by atoms with Gasteiger partial charge in [-0.05, 0) is 62.7 Å². The summed E-state index contributed by atoms with van der Waals surface area (Å²) in [4.78, 5) is 26.0. The number of aryl methyl sites for hydroxylation is 1. The molecular formula is C22H28N2O4. The number of carbonyl (C=O) groups is 2. The Labute approximate surface area is 166 Å². The van der Waals surface area contributed by atoms with Crippen LogP contribution in [0.2, 0.25) is 0 Å². The third kappa shape index (κ3) is 6.01. The van der Waals surface area contributed by atoms with Crippen molar-refractivity contribution >= 4 is 23.2 Å². The molecule has 150 valence electrons. The van der Waals surface area contributed by atoms with Crippen molar-refractivity contribution in [1.82, 2.24) is 0 Å². The second kappa shape index (κ2) is 9.78. The number of anilines is 2. The van der Waals surface area contributed by atoms with E-state index in [1.54, 1.807) is 24.1 Å². The first-order valence-corrected chi connectivity index (χ1v) is 9.29. The molecule has 28 heavy (non-hydrogen) atoms. The Kier molecular flexibility index (Phi) is 7.44. The molecule has 1 N–H and O–H groups in total. The lowest BCUT2D eigenvalue weighted by atomic mass is 10.1. The molecule has 0 aliphatic carbocycles. The SMILES string of the molecule is COc1ccc(C)cc1N(CCC(=O)Nc1ccc(OC(C)C)cc1)C(C)=O. The van der Waals surface area contributed by atoms with Gasteiger partial charge in [0.1, 0.15) is 11.5 Å². The molecule has 0 fully saturated rings. The number of ether oxygens (including phenoxy) is 2. The molecule has 0 unspecified atom stereocenters. The third-order valence-corrected chi connectivity index (χ3v) is 4.08. The van der Waals surface area contributed by atoms with Crippen molar-refractivity contribution in [2.45, 2.75) is 40.2 Å². The average Bonchev–Trinajstić information content (AvgIpc) is 2.63. The third-order valence-electron chi connectivity index (χ3n) is 4.08. The van der Waals surface area contributed by atoms with Crippen LogP contribution in [0.1, 0.15) is 32.8 Å². The Hall–Kier alpha value is -3.02. The van der Waals surface area contributed by atoms with E-state index in [0.29, 0.717) is 17.1 Å². The van der Waals surface area contributed by atoms with Gasteiger partial charge in [0.15, 0.2) is 0 Å². The number of amides is 2. The van der Waals surface area contributed by atoms with Gasteiger partial charge in [-0.1, -0.05) is 6.07 Å². The van der Waals surface area contributed by atoms with Gasteiger partial charge in [-0.15, -0.1) is 0 Å². The van der Waals surface area contributed by atoms with Crippen molar-refractivity contribution in [3.05, 3.63) is 48.0 Å². The van der Waals surface area contributed by atoms with Crippen molar-refractivity contribution in [1.29, 1.82) is 0 Å². The Bertz CT molecular complexity index is 816. The van der Waals surface area contributed by atoms with Crippen LogP contribution >= 0.6 is 0 Å². The summed E-state index contributed by atoms with van der Waals surface area (Å²) in [7, 11) is 1.56. The maximum Gasteiger partial charge on any atom is 0.226 e. The molecule has 0 saturated heterocycles. The van der Waals surface area contributed by atoms with E-state index in [-0.39, 0.29) is 30.9 Å².